The van der Waals surface area contributed by atoms with Crippen LogP contribution in [0.1, 0.15) is 130 Å². The van der Waals surface area contributed by atoms with E-state index in [1.807, 2.05) is 7.11 Å². The molecule has 3 aliphatic carbocycles. The second-order valence-electron chi connectivity index (χ2n) is 15.2. The highest BCUT2D eigenvalue weighted by atomic mass is 31.1. The lowest BCUT2D eigenvalue weighted by molar-refractivity contribution is 0.408. The summed E-state index contributed by atoms with van der Waals surface area (Å²) in [4.78, 5) is 0. The van der Waals surface area contributed by atoms with Crippen molar-refractivity contribution in [2.75, 3.05) is 7.11 Å². The molecule has 3 heteroatoms. The Hall–Kier alpha value is -1.68. The van der Waals surface area contributed by atoms with Crippen LogP contribution in [0.15, 0.2) is 48.5 Å². The van der Waals surface area contributed by atoms with Gasteiger partial charge in [-0.05, 0) is 171 Å². The molecule has 6 rings (SSSR count). The van der Waals surface area contributed by atoms with E-state index >= 15 is 0 Å². The highest BCUT2D eigenvalue weighted by molar-refractivity contribution is 7.80. The second kappa shape index (κ2) is 15.3. The van der Waals surface area contributed by atoms with Crippen LogP contribution in [0.3, 0.4) is 0 Å². The first-order valence-electron chi connectivity index (χ1n) is 18.7. The zero-order chi connectivity index (χ0) is 32.4. The molecule has 0 spiro atoms. The van der Waals surface area contributed by atoms with Crippen molar-refractivity contribution in [2.24, 2.45) is 5.92 Å². The van der Waals surface area contributed by atoms with Gasteiger partial charge in [-0.1, -0.05) is 96.2 Å². The van der Waals surface area contributed by atoms with Crippen molar-refractivity contribution in [2.45, 2.75) is 148 Å². The van der Waals surface area contributed by atoms with Gasteiger partial charge in [0.25, 0.3) is 0 Å². The largest absolute Gasteiger partial charge is 0.496 e. The van der Waals surface area contributed by atoms with E-state index in [-0.39, 0.29) is 7.92 Å². The van der Waals surface area contributed by atoms with Crippen LogP contribution in [0.2, 0.25) is 0 Å². The van der Waals surface area contributed by atoms with E-state index < -0.39 is 7.92 Å². The molecule has 3 saturated carbocycles. The standard InChI is InChI=1S/C43H60OP2/c1-29-25-37(26-30(2)33(29)5)46(38-27-31(3)43(44-7)32(4)28-38)42-24-15-14-21-41(42)40-23-16-22-39(40)34(6)45(35-17-10-8-11-18-35)36-19-12-9-13-20-36/h14-15,21,24-28,34-36,39-40H,8-13,16-20,22-23H2,1-7H3/t34-,39?,40?,46?/m1/s1. The summed E-state index contributed by atoms with van der Waals surface area (Å²) in [5.74, 6) is 2.54. The van der Waals surface area contributed by atoms with Crippen molar-refractivity contribution in [1.29, 1.82) is 0 Å². The van der Waals surface area contributed by atoms with Gasteiger partial charge >= 0.3 is 0 Å². The summed E-state index contributed by atoms with van der Waals surface area (Å²) in [7, 11) is 1.18. The number of ether oxygens (including phenoxy) is 1. The summed E-state index contributed by atoms with van der Waals surface area (Å²) in [6.07, 6.45) is 19.2. The molecule has 3 unspecified atom stereocenters. The first-order chi connectivity index (χ1) is 22.3. The molecule has 3 fully saturated rings. The van der Waals surface area contributed by atoms with E-state index in [1.54, 1.807) is 10.9 Å². The van der Waals surface area contributed by atoms with E-state index in [0.717, 1.165) is 28.6 Å². The van der Waals surface area contributed by atoms with E-state index in [0.29, 0.717) is 5.92 Å². The molecule has 3 aromatic rings. The maximum absolute atomic E-state index is 5.85. The fraction of sp³-hybridized carbons (Fsp3) is 0.581. The molecule has 3 aliphatic rings. The molecule has 0 radical (unpaired) electrons. The van der Waals surface area contributed by atoms with Crippen LogP contribution in [0.25, 0.3) is 0 Å². The number of rotatable bonds is 9. The number of hydrogen-bond acceptors (Lipinski definition) is 1. The van der Waals surface area contributed by atoms with Crippen molar-refractivity contribution in [1.82, 2.24) is 0 Å². The maximum Gasteiger partial charge on any atom is 0.124 e. The smallest absolute Gasteiger partial charge is 0.124 e. The summed E-state index contributed by atoms with van der Waals surface area (Å²) >= 11 is 0. The Morgan fingerprint density at radius 1 is 0.630 bits per heavy atom. The third-order valence-corrected chi connectivity index (χ3v) is 18.8. The van der Waals surface area contributed by atoms with Gasteiger partial charge in [0, 0.05) is 0 Å². The summed E-state index contributed by atoms with van der Waals surface area (Å²) < 4.78 is 5.85. The fourth-order valence-electron chi connectivity index (χ4n) is 9.85. The Morgan fingerprint density at radius 3 is 1.70 bits per heavy atom. The number of methoxy groups -OCH3 is 1. The van der Waals surface area contributed by atoms with E-state index in [4.69, 9.17) is 4.74 Å². The van der Waals surface area contributed by atoms with Gasteiger partial charge < -0.3 is 4.74 Å². The van der Waals surface area contributed by atoms with Gasteiger partial charge in [-0.25, -0.2) is 0 Å². The molecule has 0 aromatic heterocycles. The average molecular weight is 655 g/mol. The van der Waals surface area contributed by atoms with Gasteiger partial charge in [-0.3, -0.25) is 0 Å². The summed E-state index contributed by atoms with van der Waals surface area (Å²) in [5, 5.41) is 4.57. The number of benzene rings is 3. The van der Waals surface area contributed by atoms with Gasteiger partial charge in [0.15, 0.2) is 0 Å². The van der Waals surface area contributed by atoms with Gasteiger partial charge in [0.1, 0.15) is 5.75 Å². The normalized spacial score (nSPS) is 22.7. The van der Waals surface area contributed by atoms with Crippen molar-refractivity contribution < 1.29 is 4.74 Å². The van der Waals surface area contributed by atoms with E-state index in [2.05, 4.69) is 90.1 Å². The van der Waals surface area contributed by atoms with Crippen LogP contribution < -0.4 is 20.7 Å². The molecular weight excluding hydrogens is 594 g/mol. The lowest BCUT2D eigenvalue weighted by Gasteiger charge is -2.45. The van der Waals surface area contributed by atoms with Crippen LogP contribution in [0, 0.1) is 40.5 Å². The van der Waals surface area contributed by atoms with E-state index in [1.165, 1.54) is 122 Å². The summed E-state index contributed by atoms with van der Waals surface area (Å²) in [5.41, 5.74) is 11.4. The van der Waals surface area contributed by atoms with Crippen molar-refractivity contribution >= 4 is 31.8 Å². The highest BCUT2D eigenvalue weighted by Crippen LogP contribution is 2.63. The molecule has 46 heavy (non-hydrogen) atoms. The van der Waals surface area contributed by atoms with Crippen molar-refractivity contribution in [3.63, 3.8) is 0 Å². The first-order valence-corrected chi connectivity index (χ1v) is 21.6. The average Bonchev–Trinajstić information content (AvgIpc) is 3.55. The summed E-state index contributed by atoms with van der Waals surface area (Å²) in [6, 6.07) is 19.7. The fourth-order valence-corrected chi connectivity index (χ4v) is 17.4. The molecule has 0 saturated heterocycles. The Kier molecular flexibility index (Phi) is 11.3. The first kappa shape index (κ1) is 34.2. The van der Waals surface area contributed by atoms with Gasteiger partial charge in [0.05, 0.1) is 7.11 Å². The minimum Gasteiger partial charge on any atom is -0.496 e. The lowest BCUT2D eigenvalue weighted by Crippen LogP contribution is -2.32. The van der Waals surface area contributed by atoms with Gasteiger partial charge in [-0.2, -0.15) is 0 Å². The molecule has 0 aliphatic heterocycles. The van der Waals surface area contributed by atoms with Crippen LogP contribution in [0.4, 0.5) is 0 Å². The Bertz CT molecular complexity index is 1420. The quantitative estimate of drug-likeness (QED) is 0.209. The molecule has 0 N–H and O–H groups in total. The van der Waals surface area contributed by atoms with Gasteiger partial charge in [-0.15, -0.1) is 0 Å². The molecule has 0 amide bonds. The molecule has 3 aromatic carbocycles. The van der Waals surface area contributed by atoms with Crippen LogP contribution in [-0.4, -0.2) is 24.1 Å². The zero-order valence-electron chi connectivity index (χ0n) is 30.0. The minimum absolute atomic E-state index is 0.0659. The zero-order valence-corrected chi connectivity index (χ0v) is 31.8. The van der Waals surface area contributed by atoms with Crippen LogP contribution >= 0.6 is 15.8 Å². The second-order valence-corrected chi connectivity index (χ2v) is 20.5. The highest BCUT2D eigenvalue weighted by Gasteiger charge is 2.42. The van der Waals surface area contributed by atoms with Gasteiger partial charge in [0.2, 0.25) is 0 Å². The maximum atomic E-state index is 5.85. The minimum atomic E-state index is -0.706. The topological polar surface area (TPSA) is 9.23 Å². The molecule has 248 valence electrons. The number of hydrogen-bond donors (Lipinski definition) is 0. The SMILES string of the molecule is COc1c(C)cc(P(c2cc(C)c(C)c(C)c2)c2ccccc2C2CCCC2[C@@H](C)P(C2CCCCC2)C2CCCCC2)cc1C. The van der Waals surface area contributed by atoms with E-state index in [9.17, 15) is 0 Å². The Labute approximate surface area is 284 Å². The number of aryl methyl sites for hydroxylation is 4. The monoisotopic (exact) mass is 654 g/mol. The Morgan fingerprint density at radius 2 is 1.15 bits per heavy atom. The predicted octanol–water partition coefficient (Wildman–Crippen LogP) is 11.4. The third kappa shape index (κ3) is 7.04. The Balaban J connectivity index is 1.43. The van der Waals surface area contributed by atoms with Crippen LogP contribution in [0.5, 0.6) is 5.75 Å². The van der Waals surface area contributed by atoms with Crippen molar-refractivity contribution in [3.8, 4) is 5.75 Å². The lowest BCUT2D eigenvalue weighted by atomic mass is 9.87. The van der Waals surface area contributed by atoms with Crippen LogP contribution in [-0.2, 0) is 0 Å². The molecule has 0 bridgehead atoms. The van der Waals surface area contributed by atoms with Crippen molar-refractivity contribution in [3.05, 3.63) is 81.9 Å². The molecular formula is C43H60OP2. The third-order valence-electron chi connectivity index (χ3n) is 12.3. The molecule has 0 heterocycles. The summed E-state index contributed by atoms with van der Waals surface area (Å²) in [6.45, 7) is 14.1. The molecule has 1 nitrogen and oxygen atoms in total. The predicted molar refractivity (Wildman–Crippen MR) is 206 cm³/mol. The molecule has 4 atom stereocenters.